The van der Waals surface area contributed by atoms with E-state index in [-0.39, 0.29) is 6.09 Å². The van der Waals surface area contributed by atoms with Crippen LogP contribution in [0.5, 0.6) is 0 Å². The second kappa shape index (κ2) is 12.1. The van der Waals surface area contributed by atoms with Crippen LogP contribution in [0, 0.1) is 11.3 Å². The van der Waals surface area contributed by atoms with Crippen molar-refractivity contribution >= 4 is 57.5 Å². The van der Waals surface area contributed by atoms with Crippen molar-refractivity contribution in [2.75, 3.05) is 27.2 Å². The molecule has 0 atom stereocenters. The maximum atomic E-state index is 12.2. The molecule has 3 rings (SSSR count). The second-order valence-corrected chi connectivity index (χ2v) is 10.5. The van der Waals surface area contributed by atoms with E-state index < -0.39 is 11.0 Å². The third kappa shape index (κ3) is 7.84. The number of benzene rings is 1. The summed E-state index contributed by atoms with van der Waals surface area (Å²) < 4.78 is 7.90. The van der Waals surface area contributed by atoms with Crippen molar-refractivity contribution in [2.24, 2.45) is 0 Å². The molecule has 1 aliphatic rings. The number of likely N-dealkylation sites (tertiary alicyclic amines) is 1. The van der Waals surface area contributed by atoms with E-state index in [1.54, 1.807) is 21.3 Å². The summed E-state index contributed by atoms with van der Waals surface area (Å²) in [7, 11) is 3.73. The minimum absolute atomic E-state index is 0.344. The van der Waals surface area contributed by atoms with Gasteiger partial charge in [0.1, 0.15) is 22.4 Å². The first-order valence-corrected chi connectivity index (χ1v) is 12.0. The fraction of sp³-hybridized carbons (Fsp3) is 0.591. The van der Waals surface area contributed by atoms with Crippen molar-refractivity contribution in [3.8, 4) is 6.07 Å². The molecule has 1 aromatic carbocycles. The lowest BCUT2D eigenvalue weighted by molar-refractivity contribution is 0.0182. The van der Waals surface area contributed by atoms with Crippen molar-refractivity contribution in [1.29, 1.82) is 5.26 Å². The van der Waals surface area contributed by atoms with Crippen molar-refractivity contribution < 1.29 is 9.53 Å². The Morgan fingerprint density at radius 3 is 2.34 bits per heavy atom. The Labute approximate surface area is 210 Å². The maximum Gasteiger partial charge on any atom is 0.410 e. The van der Waals surface area contributed by atoms with E-state index in [4.69, 9.17) is 16.3 Å². The number of imidazole rings is 1. The average molecular weight is 547 g/mol. The first kappa shape index (κ1) is 28.6. The zero-order valence-electron chi connectivity index (χ0n) is 19.8. The number of aromatic amines is 1. The molecule has 32 heavy (non-hydrogen) atoms. The summed E-state index contributed by atoms with van der Waals surface area (Å²) in [5.41, 5.74) is 0.228. The van der Waals surface area contributed by atoms with Gasteiger partial charge in [0.05, 0.1) is 11.6 Å². The van der Waals surface area contributed by atoms with Crippen LogP contribution >= 0.6 is 40.3 Å². The number of piperidine rings is 1. The Bertz CT molecular complexity index is 941. The molecule has 0 aliphatic carbocycles. The number of aromatic nitrogens is 2. The number of amides is 1. The molecule has 0 bridgehead atoms. The van der Waals surface area contributed by atoms with Gasteiger partial charge in [0.25, 0.3) is 0 Å². The van der Waals surface area contributed by atoms with Gasteiger partial charge in [0.15, 0.2) is 0 Å². The maximum absolute atomic E-state index is 12.2. The van der Waals surface area contributed by atoms with Crippen LogP contribution in [0.25, 0.3) is 11.0 Å². The Kier molecular flexibility index (Phi) is 10.8. The number of nitriles is 1. The van der Waals surface area contributed by atoms with Crippen LogP contribution in [0.2, 0.25) is 5.02 Å². The summed E-state index contributed by atoms with van der Waals surface area (Å²) >= 11 is 13.4. The highest BCUT2D eigenvalue weighted by Crippen LogP contribution is 2.36. The third-order valence-electron chi connectivity index (χ3n) is 4.44. The normalized spacial score (nSPS) is 15.2. The minimum Gasteiger partial charge on any atom is -0.444 e. The van der Waals surface area contributed by atoms with Crippen LogP contribution < -0.4 is 0 Å². The van der Waals surface area contributed by atoms with Gasteiger partial charge >= 0.3 is 6.09 Å². The van der Waals surface area contributed by atoms with E-state index >= 15 is 0 Å². The summed E-state index contributed by atoms with van der Waals surface area (Å²) in [4.78, 5) is 21.8. The predicted octanol–water partition coefficient (Wildman–Crippen LogP) is 6.19. The number of hydrogen-bond donors (Lipinski definition) is 2. The summed E-state index contributed by atoms with van der Waals surface area (Å²) in [6.45, 7) is 10.4. The van der Waals surface area contributed by atoms with E-state index in [9.17, 15) is 10.1 Å². The number of nitrogens with zero attached hydrogens (tertiary/aromatic N) is 4. The summed E-state index contributed by atoms with van der Waals surface area (Å²) in [6.07, 6.45) is 0.644. The number of halogens is 2. The number of carbonyl (C=O) groups is 1. The number of fused-ring (bicyclic) bond motifs is 1. The first-order chi connectivity index (χ1) is 14.9. The highest BCUT2D eigenvalue weighted by molar-refractivity contribution is 9.10. The largest absolute Gasteiger partial charge is 0.444 e. The molecule has 1 fully saturated rings. The zero-order chi connectivity index (χ0) is 24.7. The minimum atomic E-state index is -0.760. The number of carbonyl (C=O) groups excluding carboxylic acids is 1. The fourth-order valence-corrected chi connectivity index (χ4v) is 3.97. The van der Waals surface area contributed by atoms with Crippen LogP contribution in [-0.4, -0.2) is 58.1 Å². The standard InChI is InChI=1S/C18H20BrClN4O2.C2H7NS.C2H6/c1-17(2,3)26-16(25)24-6-4-18(10-21,5-7-24)15-22-13-9-11(20)8-12(19)14(13)23-15;1-3(2)4;1-2/h8-9H,4-7H2,1-3H3,(H,22,23);4H,1-2H3;1-2H3. The van der Waals surface area contributed by atoms with Crippen LogP contribution in [0.15, 0.2) is 16.6 Å². The Balaban J connectivity index is 0.000000769. The molecule has 1 amide bonds. The monoisotopic (exact) mass is 545 g/mol. The molecule has 1 saturated heterocycles. The fourth-order valence-electron chi connectivity index (χ4n) is 3.07. The Morgan fingerprint density at radius 1 is 1.34 bits per heavy atom. The summed E-state index contributed by atoms with van der Waals surface area (Å²) in [5, 5.41) is 10.5. The smallest absolute Gasteiger partial charge is 0.410 e. The van der Waals surface area contributed by atoms with Gasteiger partial charge in [-0.15, -0.1) is 0 Å². The quantitative estimate of drug-likeness (QED) is 0.417. The van der Waals surface area contributed by atoms with Crippen molar-refractivity contribution in [3.05, 3.63) is 27.5 Å². The lowest BCUT2D eigenvalue weighted by Crippen LogP contribution is -2.46. The van der Waals surface area contributed by atoms with E-state index in [0.29, 0.717) is 36.8 Å². The van der Waals surface area contributed by atoms with E-state index in [1.165, 1.54) is 0 Å². The van der Waals surface area contributed by atoms with Crippen molar-refractivity contribution in [2.45, 2.75) is 58.5 Å². The molecule has 0 radical (unpaired) electrons. The van der Waals surface area contributed by atoms with Gasteiger partial charge < -0.3 is 14.6 Å². The number of hydrogen-bond acceptors (Lipinski definition) is 6. The number of thiol groups is 1. The van der Waals surface area contributed by atoms with Crippen molar-refractivity contribution in [3.63, 3.8) is 0 Å². The average Bonchev–Trinajstić information content (AvgIpc) is 3.13. The Morgan fingerprint density at radius 2 is 1.88 bits per heavy atom. The molecule has 2 heterocycles. The van der Waals surface area contributed by atoms with Crippen LogP contribution in [0.4, 0.5) is 4.79 Å². The Hall–Kier alpha value is -1.47. The molecule has 10 heteroatoms. The number of rotatable bonds is 1. The van der Waals surface area contributed by atoms with Crippen LogP contribution in [0.1, 0.15) is 53.3 Å². The summed E-state index contributed by atoms with van der Waals surface area (Å²) in [5.74, 6) is 0.613. The van der Waals surface area contributed by atoms with Crippen LogP contribution in [0.3, 0.4) is 0 Å². The summed E-state index contributed by atoms with van der Waals surface area (Å²) in [6, 6.07) is 5.98. The van der Waals surface area contributed by atoms with Crippen LogP contribution in [-0.2, 0) is 10.2 Å². The number of H-pyrrole nitrogens is 1. The topological polar surface area (TPSA) is 85.2 Å². The number of nitrogens with one attached hydrogen (secondary N) is 1. The molecule has 7 nitrogen and oxygen atoms in total. The second-order valence-electron chi connectivity index (χ2n) is 8.38. The number of ether oxygens (including phenoxy) is 1. The van der Waals surface area contributed by atoms with E-state index in [2.05, 4.69) is 44.8 Å². The highest BCUT2D eigenvalue weighted by atomic mass is 79.9. The molecule has 0 unspecified atom stereocenters. The van der Waals surface area contributed by atoms with Gasteiger partial charge in [-0.05, 0) is 75.8 Å². The van der Waals surface area contributed by atoms with E-state index in [1.807, 2.05) is 48.7 Å². The molecule has 1 aromatic heterocycles. The lowest BCUT2D eigenvalue weighted by atomic mass is 9.79. The molecule has 1 aliphatic heterocycles. The van der Waals surface area contributed by atoms with Gasteiger partial charge in [-0.1, -0.05) is 38.3 Å². The first-order valence-electron chi connectivity index (χ1n) is 10.5. The molecule has 0 spiro atoms. The van der Waals surface area contributed by atoms with Gasteiger partial charge in [-0.2, -0.15) is 5.26 Å². The predicted molar refractivity (Wildman–Crippen MR) is 137 cm³/mol. The molecule has 0 saturated carbocycles. The molecule has 2 aromatic rings. The van der Waals surface area contributed by atoms with Crippen molar-refractivity contribution in [1.82, 2.24) is 19.2 Å². The van der Waals surface area contributed by atoms with Gasteiger partial charge in [-0.3, -0.25) is 4.31 Å². The lowest BCUT2D eigenvalue weighted by Gasteiger charge is -2.36. The molecule has 178 valence electrons. The molecule has 1 N–H and O–H groups in total. The highest BCUT2D eigenvalue weighted by Gasteiger charge is 2.41. The van der Waals surface area contributed by atoms with Gasteiger partial charge in [-0.25, -0.2) is 9.78 Å². The molecular formula is C22H33BrClN5O2S. The van der Waals surface area contributed by atoms with Gasteiger partial charge in [0, 0.05) is 22.6 Å². The SMILES string of the molecule is CC.CC(C)(C)OC(=O)N1CCC(C#N)(c2nc3c(Br)cc(Cl)cc3[nH]2)CC1.CN(C)S. The van der Waals surface area contributed by atoms with Gasteiger partial charge in [0.2, 0.25) is 0 Å². The zero-order valence-corrected chi connectivity index (χ0v) is 23.0. The molecular weight excluding hydrogens is 514 g/mol. The van der Waals surface area contributed by atoms with E-state index in [0.717, 1.165) is 15.5 Å². The third-order valence-corrected chi connectivity index (χ3v) is 5.26.